The van der Waals surface area contributed by atoms with Crippen molar-refractivity contribution < 1.29 is 9.59 Å². The first-order chi connectivity index (χ1) is 9.23. The van der Waals surface area contributed by atoms with Crippen molar-refractivity contribution in [3.8, 4) is 0 Å². The van der Waals surface area contributed by atoms with Gasteiger partial charge in [-0.2, -0.15) is 0 Å². The fraction of sp³-hybridized carbons (Fsp3) is 0.688. The van der Waals surface area contributed by atoms with Gasteiger partial charge in [-0.1, -0.05) is 33.3 Å². The molecule has 0 aromatic heterocycles. The van der Waals surface area contributed by atoms with Crippen molar-refractivity contribution in [2.75, 3.05) is 0 Å². The van der Waals surface area contributed by atoms with Crippen LogP contribution in [0.5, 0.6) is 0 Å². The topological polar surface area (TPSA) is 50.5 Å². The Morgan fingerprint density at radius 1 is 1.40 bits per heavy atom. The van der Waals surface area contributed by atoms with Crippen LogP contribution in [0, 0.1) is 23.3 Å². The molecule has 0 aliphatic heterocycles. The van der Waals surface area contributed by atoms with Gasteiger partial charge < -0.3 is 10.1 Å². The highest BCUT2D eigenvalue weighted by Crippen LogP contribution is 2.55. The number of rotatable bonds is 1. The standard InChI is InChI=1S/C16H22N2O2/c1-10(19)18-13-8-6-7-12-15(2,3)14(20)11(17-5)9-16(12,13)4/h9,12-13H,6-8H2,1-4H3,(H,18,19)/t12-,13+,16-/m0/s1. The van der Waals surface area contributed by atoms with Crippen molar-refractivity contribution in [3.05, 3.63) is 23.2 Å². The van der Waals surface area contributed by atoms with Crippen LogP contribution >= 0.6 is 0 Å². The molecule has 2 aliphatic carbocycles. The molecule has 0 spiro atoms. The molecule has 20 heavy (non-hydrogen) atoms. The van der Waals surface area contributed by atoms with Gasteiger partial charge in [-0.15, -0.1) is 0 Å². The Kier molecular flexibility index (Phi) is 3.49. The van der Waals surface area contributed by atoms with E-state index in [-0.39, 0.29) is 34.8 Å². The summed E-state index contributed by atoms with van der Waals surface area (Å²) in [7, 11) is 0. The van der Waals surface area contributed by atoms with E-state index in [1.165, 1.54) is 6.92 Å². The Morgan fingerprint density at radius 3 is 2.60 bits per heavy atom. The molecule has 2 rings (SSSR count). The summed E-state index contributed by atoms with van der Waals surface area (Å²) in [5.41, 5.74) is -0.632. The highest BCUT2D eigenvalue weighted by atomic mass is 16.1. The maximum atomic E-state index is 12.4. The average molecular weight is 274 g/mol. The van der Waals surface area contributed by atoms with Gasteiger partial charge in [0.1, 0.15) is 0 Å². The van der Waals surface area contributed by atoms with Crippen LogP contribution in [0.4, 0.5) is 0 Å². The smallest absolute Gasteiger partial charge is 0.226 e. The van der Waals surface area contributed by atoms with Gasteiger partial charge in [-0.25, -0.2) is 4.85 Å². The molecular formula is C16H22N2O2. The first-order valence-corrected chi connectivity index (χ1v) is 7.15. The first kappa shape index (κ1) is 14.8. The van der Waals surface area contributed by atoms with Crippen molar-refractivity contribution in [1.82, 2.24) is 5.32 Å². The van der Waals surface area contributed by atoms with E-state index in [9.17, 15) is 9.59 Å². The van der Waals surface area contributed by atoms with E-state index in [1.807, 2.05) is 19.9 Å². The van der Waals surface area contributed by atoms with Gasteiger partial charge in [0, 0.05) is 23.8 Å². The third-order valence-corrected chi connectivity index (χ3v) is 5.12. The lowest BCUT2D eigenvalue weighted by Crippen LogP contribution is -2.58. The third-order valence-electron chi connectivity index (χ3n) is 5.12. The maximum Gasteiger partial charge on any atom is 0.226 e. The zero-order valence-electron chi connectivity index (χ0n) is 12.6. The number of nitrogens with one attached hydrogen (secondary N) is 1. The number of nitrogens with zero attached hydrogens (tertiary/aromatic N) is 1. The lowest BCUT2D eigenvalue weighted by atomic mass is 9.51. The fourth-order valence-electron chi connectivity index (χ4n) is 4.14. The van der Waals surface area contributed by atoms with Crippen molar-refractivity contribution >= 4 is 11.7 Å². The molecule has 1 N–H and O–H groups in total. The number of allylic oxidation sites excluding steroid dienone is 1. The minimum atomic E-state index is -0.541. The lowest BCUT2D eigenvalue weighted by Gasteiger charge is -2.54. The molecule has 0 aromatic rings. The first-order valence-electron chi connectivity index (χ1n) is 7.15. The molecule has 0 radical (unpaired) electrons. The second-order valence-corrected chi connectivity index (χ2v) is 6.79. The zero-order chi connectivity index (χ0) is 15.1. The highest BCUT2D eigenvalue weighted by Gasteiger charge is 2.55. The number of carbonyl (C=O) groups is 2. The molecule has 1 fully saturated rings. The van der Waals surface area contributed by atoms with Crippen LogP contribution in [-0.4, -0.2) is 17.7 Å². The van der Waals surface area contributed by atoms with E-state index in [0.29, 0.717) is 0 Å². The molecule has 0 heterocycles. The van der Waals surface area contributed by atoms with E-state index in [0.717, 1.165) is 19.3 Å². The maximum absolute atomic E-state index is 12.4. The highest BCUT2D eigenvalue weighted by molar-refractivity contribution is 6.02. The van der Waals surface area contributed by atoms with E-state index < -0.39 is 5.41 Å². The number of carbonyl (C=O) groups excluding carboxylic acids is 2. The molecule has 0 unspecified atom stereocenters. The molecule has 2 aliphatic rings. The Morgan fingerprint density at radius 2 is 2.05 bits per heavy atom. The molecule has 4 nitrogen and oxygen atoms in total. The lowest BCUT2D eigenvalue weighted by molar-refractivity contribution is -0.132. The summed E-state index contributed by atoms with van der Waals surface area (Å²) in [5, 5.41) is 3.02. The van der Waals surface area contributed by atoms with Gasteiger partial charge in [-0.05, 0) is 18.8 Å². The SMILES string of the molecule is [C-]#[N+]C1=C[C@]2(C)[C@H](NC(C)=O)CCC[C@H]2C(C)(C)C1=O. The molecule has 1 saturated carbocycles. The Bertz CT molecular complexity index is 527. The second-order valence-electron chi connectivity index (χ2n) is 6.79. The number of hydrogen-bond donors (Lipinski definition) is 1. The molecule has 0 aromatic carbocycles. The summed E-state index contributed by atoms with van der Waals surface area (Å²) in [5.74, 6) is 0.0568. The van der Waals surface area contributed by atoms with Gasteiger partial charge >= 0.3 is 0 Å². The number of amides is 1. The quantitative estimate of drug-likeness (QED) is 0.747. The summed E-state index contributed by atoms with van der Waals surface area (Å²) in [6.07, 6.45) is 4.69. The van der Waals surface area contributed by atoms with E-state index in [4.69, 9.17) is 6.57 Å². The van der Waals surface area contributed by atoms with Crippen LogP contribution in [0.2, 0.25) is 0 Å². The van der Waals surface area contributed by atoms with Crippen LogP contribution < -0.4 is 5.32 Å². The molecule has 3 atom stereocenters. The summed E-state index contributed by atoms with van der Waals surface area (Å²) in [6.45, 7) is 14.7. The van der Waals surface area contributed by atoms with Crippen molar-refractivity contribution in [1.29, 1.82) is 0 Å². The average Bonchev–Trinajstić information content (AvgIpc) is 2.36. The summed E-state index contributed by atoms with van der Waals surface area (Å²) < 4.78 is 0. The molecule has 108 valence electrons. The van der Waals surface area contributed by atoms with Gasteiger partial charge in [0.2, 0.25) is 11.6 Å². The van der Waals surface area contributed by atoms with Crippen molar-refractivity contribution in [3.63, 3.8) is 0 Å². The van der Waals surface area contributed by atoms with Crippen LogP contribution in [0.15, 0.2) is 11.8 Å². The van der Waals surface area contributed by atoms with E-state index in [2.05, 4.69) is 17.1 Å². The number of hydrogen-bond acceptors (Lipinski definition) is 2. The minimum Gasteiger partial charge on any atom is -0.353 e. The number of Topliss-reactive ketones (excluding diaryl/α,β-unsaturated/α-hetero) is 1. The summed E-state index contributed by atoms with van der Waals surface area (Å²) >= 11 is 0. The van der Waals surface area contributed by atoms with E-state index in [1.54, 1.807) is 0 Å². The molecule has 0 bridgehead atoms. The Hall–Kier alpha value is -1.63. The minimum absolute atomic E-state index is 0.00266. The van der Waals surface area contributed by atoms with Crippen LogP contribution in [0.3, 0.4) is 0 Å². The third kappa shape index (κ3) is 2.06. The number of ketones is 1. The Labute approximate surface area is 120 Å². The van der Waals surface area contributed by atoms with Gasteiger partial charge in [-0.3, -0.25) is 4.79 Å². The summed E-state index contributed by atoms with van der Waals surface area (Å²) in [6, 6.07) is 0.00266. The van der Waals surface area contributed by atoms with E-state index >= 15 is 0 Å². The summed E-state index contributed by atoms with van der Waals surface area (Å²) in [4.78, 5) is 27.3. The molecule has 0 saturated heterocycles. The number of fused-ring (bicyclic) bond motifs is 1. The van der Waals surface area contributed by atoms with Crippen LogP contribution in [-0.2, 0) is 9.59 Å². The molecule has 1 amide bonds. The van der Waals surface area contributed by atoms with Gasteiger partial charge in [0.25, 0.3) is 0 Å². The van der Waals surface area contributed by atoms with Crippen LogP contribution in [0.1, 0.15) is 47.0 Å². The molecular weight excluding hydrogens is 252 g/mol. The van der Waals surface area contributed by atoms with Gasteiger partial charge in [0.05, 0.1) is 6.57 Å². The Balaban J connectivity index is 2.52. The van der Waals surface area contributed by atoms with Crippen LogP contribution in [0.25, 0.3) is 4.85 Å². The van der Waals surface area contributed by atoms with Crippen molar-refractivity contribution in [2.24, 2.45) is 16.7 Å². The normalized spacial score (nSPS) is 35.5. The van der Waals surface area contributed by atoms with Crippen molar-refractivity contribution in [2.45, 2.75) is 53.0 Å². The monoisotopic (exact) mass is 274 g/mol. The van der Waals surface area contributed by atoms with Gasteiger partial charge in [0.15, 0.2) is 5.78 Å². The molecule has 4 heteroatoms. The second kappa shape index (κ2) is 4.73. The predicted molar refractivity (Wildman–Crippen MR) is 76.5 cm³/mol. The fourth-order valence-corrected chi connectivity index (χ4v) is 4.14. The zero-order valence-corrected chi connectivity index (χ0v) is 12.6. The largest absolute Gasteiger partial charge is 0.353 e. The predicted octanol–water partition coefficient (Wildman–Crippen LogP) is 2.71.